The van der Waals surface area contributed by atoms with E-state index in [-0.39, 0.29) is 11.4 Å². The van der Waals surface area contributed by atoms with E-state index in [0.717, 1.165) is 30.0 Å². The van der Waals surface area contributed by atoms with E-state index in [4.69, 9.17) is 9.47 Å². The number of rotatable bonds is 10. The summed E-state index contributed by atoms with van der Waals surface area (Å²) in [5.41, 5.74) is 3.80. The van der Waals surface area contributed by atoms with E-state index in [1.165, 1.54) is 42.6 Å². The zero-order chi connectivity index (χ0) is 24.8. The quantitative estimate of drug-likeness (QED) is 0.310. The number of hydrogen-bond donors (Lipinski definition) is 0. The second-order valence-corrected chi connectivity index (χ2v) is 12.2. The minimum absolute atomic E-state index is 0.209. The van der Waals surface area contributed by atoms with Crippen molar-refractivity contribution < 1.29 is 14.3 Å². The van der Waals surface area contributed by atoms with Crippen LogP contribution in [0.5, 0.6) is 5.75 Å². The van der Waals surface area contributed by atoms with E-state index >= 15 is 0 Å². The Labute approximate surface area is 214 Å². The van der Waals surface area contributed by atoms with Crippen molar-refractivity contribution in [3.05, 3.63) is 48.0 Å². The summed E-state index contributed by atoms with van der Waals surface area (Å²) in [6, 6.07) is 15.2. The third-order valence-electron chi connectivity index (χ3n) is 6.82. The molecule has 1 aliphatic rings. The molecule has 0 fully saturated rings. The smallest absolute Gasteiger partial charge is 0.321 e. The van der Waals surface area contributed by atoms with Crippen molar-refractivity contribution in [3.63, 3.8) is 0 Å². The summed E-state index contributed by atoms with van der Waals surface area (Å²) in [6.07, 6.45) is 4.86. The number of ether oxygens (including phenoxy) is 2. The Balaban J connectivity index is 2.02. The van der Waals surface area contributed by atoms with Gasteiger partial charge in [-0.25, -0.2) is 0 Å². The molecule has 34 heavy (non-hydrogen) atoms. The highest BCUT2D eigenvalue weighted by atomic mass is 32.2. The minimum atomic E-state index is -0.618. The van der Waals surface area contributed by atoms with Crippen LogP contribution >= 0.6 is 23.5 Å². The molecule has 2 aromatic rings. The number of fused-ring (bicyclic) bond motifs is 1. The van der Waals surface area contributed by atoms with Crippen LogP contribution in [0.4, 0.5) is 11.4 Å². The standard InChI is InChI=1S/C28H39NO3S2/c1-7-9-15-28(8-2)19-29(22-13-11-10-12-14-22)23-17-24(31-5)21(16-25(23)33-20-28)18-34-27(3,4)26(30)32-6/h10-14,16-17H,7-9,15,18-20H2,1-6H3. The summed E-state index contributed by atoms with van der Waals surface area (Å²) in [5, 5.41) is 0. The molecule has 0 saturated heterocycles. The second-order valence-electron chi connectivity index (χ2n) is 9.59. The highest BCUT2D eigenvalue weighted by Gasteiger charge is 2.36. The van der Waals surface area contributed by atoms with Crippen LogP contribution in [-0.2, 0) is 15.3 Å². The second kappa shape index (κ2) is 11.8. The number of unbranched alkanes of at least 4 members (excludes halogenated alkanes) is 1. The van der Waals surface area contributed by atoms with Crippen LogP contribution in [-0.4, -0.2) is 37.2 Å². The lowest BCUT2D eigenvalue weighted by molar-refractivity contribution is -0.142. The van der Waals surface area contributed by atoms with E-state index in [2.05, 4.69) is 61.2 Å². The molecule has 3 rings (SSSR count). The molecular weight excluding hydrogens is 462 g/mol. The topological polar surface area (TPSA) is 38.8 Å². The molecule has 0 aliphatic carbocycles. The number of hydrogen-bond acceptors (Lipinski definition) is 6. The summed E-state index contributed by atoms with van der Waals surface area (Å²) in [5.74, 6) is 2.44. The molecule has 0 N–H and O–H groups in total. The molecule has 2 aromatic carbocycles. The normalized spacial score (nSPS) is 18.2. The van der Waals surface area contributed by atoms with Gasteiger partial charge < -0.3 is 14.4 Å². The molecule has 0 radical (unpaired) electrons. The molecule has 1 aliphatic heterocycles. The fourth-order valence-electron chi connectivity index (χ4n) is 4.41. The predicted octanol–water partition coefficient (Wildman–Crippen LogP) is 7.71. The molecule has 186 valence electrons. The molecule has 0 spiro atoms. The van der Waals surface area contributed by atoms with Gasteiger partial charge in [0.05, 0.1) is 19.9 Å². The first-order valence-electron chi connectivity index (χ1n) is 12.2. The number of benzene rings is 2. The van der Waals surface area contributed by atoms with E-state index < -0.39 is 4.75 Å². The van der Waals surface area contributed by atoms with Gasteiger partial charge in [0.1, 0.15) is 10.5 Å². The van der Waals surface area contributed by atoms with Crippen molar-refractivity contribution in [2.75, 3.05) is 31.4 Å². The van der Waals surface area contributed by atoms with E-state index in [0.29, 0.717) is 5.75 Å². The van der Waals surface area contributed by atoms with Crippen molar-refractivity contribution in [1.29, 1.82) is 0 Å². The summed E-state index contributed by atoms with van der Waals surface area (Å²) in [4.78, 5) is 16.0. The first-order valence-corrected chi connectivity index (χ1v) is 14.1. The Morgan fingerprint density at radius 3 is 2.53 bits per heavy atom. The molecule has 1 atom stereocenters. The molecule has 6 heteroatoms. The summed E-state index contributed by atoms with van der Waals surface area (Å²) >= 11 is 3.55. The minimum Gasteiger partial charge on any atom is -0.496 e. The van der Waals surface area contributed by atoms with Gasteiger partial charge in [0.25, 0.3) is 0 Å². The Morgan fingerprint density at radius 2 is 1.91 bits per heavy atom. The molecule has 0 saturated carbocycles. The van der Waals surface area contributed by atoms with Crippen LogP contribution in [0, 0.1) is 5.41 Å². The summed E-state index contributed by atoms with van der Waals surface area (Å²) in [7, 11) is 3.18. The third kappa shape index (κ3) is 6.06. The fraction of sp³-hybridized carbons (Fsp3) is 0.536. The van der Waals surface area contributed by atoms with Gasteiger partial charge in [-0.15, -0.1) is 23.5 Å². The van der Waals surface area contributed by atoms with Gasteiger partial charge in [-0.3, -0.25) is 4.79 Å². The monoisotopic (exact) mass is 501 g/mol. The first-order chi connectivity index (χ1) is 16.3. The Kier molecular flexibility index (Phi) is 9.27. The van der Waals surface area contributed by atoms with Crippen LogP contribution in [0.1, 0.15) is 58.9 Å². The highest BCUT2D eigenvalue weighted by molar-refractivity contribution is 8.00. The number of nitrogens with zero attached hydrogens (tertiary/aromatic N) is 1. The Hall–Kier alpha value is -1.79. The maximum absolute atomic E-state index is 12.2. The van der Waals surface area contributed by atoms with Gasteiger partial charge in [0.15, 0.2) is 0 Å². The van der Waals surface area contributed by atoms with Crippen molar-refractivity contribution in [2.45, 2.75) is 68.8 Å². The lowest BCUT2D eigenvalue weighted by Crippen LogP contribution is -2.35. The zero-order valence-corrected chi connectivity index (χ0v) is 23.1. The molecule has 0 amide bonds. The lowest BCUT2D eigenvalue weighted by Gasteiger charge is -2.37. The number of para-hydroxylation sites is 1. The van der Waals surface area contributed by atoms with Gasteiger partial charge in [-0.05, 0) is 50.3 Å². The summed E-state index contributed by atoms with van der Waals surface area (Å²) < 4.78 is 10.2. The van der Waals surface area contributed by atoms with Crippen molar-refractivity contribution >= 4 is 40.9 Å². The third-order valence-corrected chi connectivity index (χ3v) is 9.56. The SMILES string of the molecule is CCCCC1(CC)CSc2cc(CSC(C)(C)C(=O)OC)c(OC)cc2N(c2ccccc2)C1. The number of thioether (sulfide) groups is 2. The van der Waals surface area contributed by atoms with Gasteiger partial charge in [-0.2, -0.15) is 0 Å². The number of carbonyl (C=O) groups excluding carboxylic acids is 1. The molecule has 4 nitrogen and oxygen atoms in total. The molecule has 0 bridgehead atoms. The van der Waals surface area contributed by atoms with Gasteiger partial charge in [-0.1, -0.05) is 44.9 Å². The Bertz CT molecular complexity index is 964. The first kappa shape index (κ1) is 26.8. The summed E-state index contributed by atoms with van der Waals surface area (Å²) in [6.45, 7) is 9.44. The maximum atomic E-state index is 12.2. The number of esters is 1. The van der Waals surface area contributed by atoms with Gasteiger partial charge in [0.2, 0.25) is 0 Å². The largest absolute Gasteiger partial charge is 0.496 e. The van der Waals surface area contributed by atoms with E-state index in [1.54, 1.807) is 18.9 Å². The van der Waals surface area contributed by atoms with E-state index in [1.807, 2.05) is 25.6 Å². The van der Waals surface area contributed by atoms with Crippen LogP contribution in [0.3, 0.4) is 0 Å². The average Bonchev–Trinajstić information content (AvgIpc) is 3.02. The number of carbonyl (C=O) groups is 1. The average molecular weight is 502 g/mol. The van der Waals surface area contributed by atoms with Crippen LogP contribution in [0.15, 0.2) is 47.4 Å². The van der Waals surface area contributed by atoms with Crippen molar-refractivity contribution in [3.8, 4) is 5.75 Å². The number of methoxy groups -OCH3 is 2. The van der Waals surface area contributed by atoms with Crippen LogP contribution in [0.25, 0.3) is 0 Å². The molecule has 1 heterocycles. The van der Waals surface area contributed by atoms with Gasteiger partial charge in [0, 0.05) is 40.3 Å². The lowest BCUT2D eigenvalue weighted by atomic mass is 9.81. The predicted molar refractivity (Wildman–Crippen MR) is 147 cm³/mol. The maximum Gasteiger partial charge on any atom is 0.321 e. The molecule has 1 unspecified atom stereocenters. The zero-order valence-electron chi connectivity index (χ0n) is 21.5. The highest BCUT2D eigenvalue weighted by Crippen LogP contribution is 2.49. The van der Waals surface area contributed by atoms with Crippen molar-refractivity contribution in [2.24, 2.45) is 5.41 Å². The fourth-order valence-corrected chi connectivity index (χ4v) is 6.80. The number of anilines is 2. The van der Waals surface area contributed by atoms with Crippen LogP contribution in [0.2, 0.25) is 0 Å². The Morgan fingerprint density at radius 1 is 1.18 bits per heavy atom. The van der Waals surface area contributed by atoms with E-state index in [9.17, 15) is 4.79 Å². The van der Waals surface area contributed by atoms with Crippen molar-refractivity contribution in [1.82, 2.24) is 0 Å². The van der Waals surface area contributed by atoms with Gasteiger partial charge >= 0.3 is 5.97 Å². The molecular formula is C28H39NO3S2. The molecule has 0 aromatic heterocycles. The van der Waals surface area contributed by atoms with Crippen LogP contribution < -0.4 is 9.64 Å².